The van der Waals surface area contributed by atoms with Crippen LogP contribution in [0.4, 0.5) is 5.69 Å². The summed E-state index contributed by atoms with van der Waals surface area (Å²) in [5, 5.41) is 3.51. The number of sulfonamides is 1. The third-order valence-electron chi connectivity index (χ3n) is 5.76. The maximum absolute atomic E-state index is 12.7. The Balaban J connectivity index is 1.24. The average Bonchev–Trinajstić information content (AvgIpc) is 2.85. The molecule has 33 heavy (non-hydrogen) atoms. The highest BCUT2D eigenvalue weighted by atomic mass is 32.2. The van der Waals surface area contributed by atoms with Gasteiger partial charge in [0.15, 0.2) is 0 Å². The zero-order valence-corrected chi connectivity index (χ0v) is 20.2. The molecule has 2 aliphatic heterocycles. The van der Waals surface area contributed by atoms with Gasteiger partial charge in [-0.25, -0.2) is 13.4 Å². The molecule has 0 saturated carbocycles. The Morgan fingerprint density at radius 3 is 2.39 bits per heavy atom. The summed E-state index contributed by atoms with van der Waals surface area (Å²) in [6, 6.07) is 11.1. The van der Waals surface area contributed by atoms with Gasteiger partial charge >= 0.3 is 0 Å². The summed E-state index contributed by atoms with van der Waals surface area (Å²) in [6.45, 7) is 5.43. The molecule has 0 spiro atoms. The molecule has 10 heteroatoms. The van der Waals surface area contributed by atoms with Crippen LogP contribution < -0.4 is 5.32 Å². The van der Waals surface area contributed by atoms with Crippen LogP contribution in [0.25, 0.3) is 0 Å². The number of carbonyl (C=O) groups excluding carboxylic acids is 1. The Morgan fingerprint density at radius 1 is 1.00 bits per heavy atom. The monoisotopic (exact) mass is 490 g/mol. The molecule has 3 heterocycles. The van der Waals surface area contributed by atoms with Gasteiger partial charge in [0.2, 0.25) is 15.9 Å². The van der Waals surface area contributed by atoms with Crippen molar-refractivity contribution in [2.24, 2.45) is 0 Å². The van der Waals surface area contributed by atoms with Crippen LogP contribution >= 0.6 is 11.8 Å². The molecule has 0 aliphatic carbocycles. The van der Waals surface area contributed by atoms with E-state index in [4.69, 9.17) is 4.74 Å². The number of nitrogens with zero attached hydrogens (tertiary/aromatic N) is 3. The van der Waals surface area contributed by atoms with Gasteiger partial charge < -0.3 is 10.1 Å². The largest absolute Gasteiger partial charge is 0.379 e. The van der Waals surface area contributed by atoms with Crippen molar-refractivity contribution in [3.05, 3.63) is 48.2 Å². The van der Waals surface area contributed by atoms with Crippen molar-refractivity contribution in [2.45, 2.75) is 35.7 Å². The first-order valence-electron chi connectivity index (χ1n) is 11.3. The van der Waals surface area contributed by atoms with Gasteiger partial charge in [-0.1, -0.05) is 30.3 Å². The van der Waals surface area contributed by atoms with Crippen LogP contribution in [-0.4, -0.2) is 73.7 Å². The number of benzene rings is 1. The van der Waals surface area contributed by atoms with Gasteiger partial charge in [0, 0.05) is 44.6 Å². The molecule has 4 rings (SSSR count). The molecule has 2 saturated heterocycles. The maximum Gasteiger partial charge on any atom is 0.244 e. The van der Waals surface area contributed by atoms with Crippen molar-refractivity contribution in [1.82, 2.24) is 14.2 Å². The van der Waals surface area contributed by atoms with Crippen molar-refractivity contribution in [3.8, 4) is 0 Å². The zero-order chi connectivity index (χ0) is 23.1. The summed E-state index contributed by atoms with van der Waals surface area (Å²) in [4.78, 5) is 19.1. The number of piperidine rings is 1. The van der Waals surface area contributed by atoms with E-state index in [1.165, 1.54) is 27.8 Å². The summed E-state index contributed by atoms with van der Waals surface area (Å²) in [5.74, 6) is 0.0635. The number of hydrogen-bond donors (Lipinski definition) is 1. The topological polar surface area (TPSA) is 91.8 Å². The fourth-order valence-corrected chi connectivity index (χ4v) is 6.01. The third-order valence-corrected chi connectivity index (χ3v) is 8.59. The number of ether oxygens (including phenoxy) is 1. The predicted molar refractivity (Wildman–Crippen MR) is 129 cm³/mol. The van der Waals surface area contributed by atoms with Gasteiger partial charge in [0.1, 0.15) is 4.90 Å². The molecule has 178 valence electrons. The first-order chi connectivity index (χ1) is 16.0. The minimum absolute atomic E-state index is 0.132. The summed E-state index contributed by atoms with van der Waals surface area (Å²) >= 11 is 1.28. The Hall–Kier alpha value is -1.98. The van der Waals surface area contributed by atoms with E-state index < -0.39 is 10.0 Å². The van der Waals surface area contributed by atoms with Crippen LogP contribution in [0.3, 0.4) is 0 Å². The normalized spacial score (nSPS) is 18.2. The number of thioether (sulfide) groups is 1. The predicted octanol–water partition coefficient (Wildman–Crippen LogP) is 2.82. The fourth-order valence-electron chi connectivity index (χ4n) is 3.91. The second kappa shape index (κ2) is 11.4. The number of hydrogen-bond acceptors (Lipinski definition) is 7. The lowest BCUT2D eigenvalue weighted by molar-refractivity contribution is -0.113. The number of carbonyl (C=O) groups is 1. The molecular formula is C23H30N4O4S2. The van der Waals surface area contributed by atoms with Crippen LogP contribution in [0, 0.1) is 0 Å². The van der Waals surface area contributed by atoms with E-state index in [0.717, 1.165) is 57.8 Å². The van der Waals surface area contributed by atoms with Gasteiger partial charge in [-0.15, -0.1) is 0 Å². The van der Waals surface area contributed by atoms with E-state index >= 15 is 0 Å². The molecular weight excluding hydrogens is 460 g/mol. The Labute approximate surface area is 199 Å². The minimum Gasteiger partial charge on any atom is -0.379 e. The highest BCUT2D eigenvalue weighted by Crippen LogP contribution is 2.22. The molecule has 0 unspecified atom stereocenters. The van der Waals surface area contributed by atoms with Crippen LogP contribution in [0.1, 0.15) is 24.8 Å². The second-order valence-electron chi connectivity index (χ2n) is 8.22. The van der Waals surface area contributed by atoms with Crippen LogP contribution in [0.2, 0.25) is 0 Å². The molecule has 1 amide bonds. The minimum atomic E-state index is -3.49. The van der Waals surface area contributed by atoms with Crippen LogP contribution in [0.5, 0.6) is 0 Å². The lowest BCUT2D eigenvalue weighted by Crippen LogP contribution is -2.35. The maximum atomic E-state index is 12.7. The Kier molecular flexibility index (Phi) is 8.37. The van der Waals surface area contributed by atoms with Crippen molar-refractivity contribution in [3.63, 3.8) is 0 Å². The second-order valence-corrected chi connectivity index (χ2v) is 11.2. The van der Waals surface area contributed by atoms with E-state index in [1.54, 1.807) is 12.1 Å². The number of amides is 1. The standard InChI is InChI=1S/C23H30N4O4S2/c28-22(25-20-6-4-19(5-7-20)17-26-12-14-31-15-13-26)18-32-23-9-8-21(16-24-23)33(29,30)27-10-2-1-3-11-27/h4-9,16H,1-3,10-15,17-18H2,(H,25,28). The van der Waals surface area contributed by atoms with E-state index in [2.05, 4.69) is 15.2 Å². The number of rotatable bonds is 8. The van der Waals surface area contributed by atoms with Crippen molar-refractivity contribution < 1.29 is 17.9 Å². The molecule has 1 aromatic heterocycles. The fraction of sp³-hybridized carbons (Fsp3) is 0.478. The first-order valence-corrected chi connectivity index (χ1v) is 13.7. The Bertz CT molecular complexity index is 1020. The Morgan fingerprint density at radius 2 is 1.73 bits per heavy atom. The van der Waals surface area contributed by atoms with E-state index in [1.807, 2.05) is 24.3 Å². The molecule has 2 fully saturated rings. The van der Waals surface area contributed by atoms with E-state index in [0.29, 0.717) is 18.1 Å². The number of pyridine rings is 1. The smallest absolute Gasteiger partial charge is 0.244 e. The summed E-state index contributed by atoms with van der Waals surface area (Å²) in [7, 11) is -3.49. The lowest BCUT2D eigenvalue weighted by Gasteiger charge is -2.26. The van der Waals surface area contributed by atoms with Crippen LogP contribution in [0.15, 0.2) is 52.5 Å². The van der Waals surface area contributed by atoms with E-state index in [-0.39, 0.29) is 16.6 Å². The van der Waals surface area contributed by atoms with Gasteiger partial charge in [-0.05, 0) is 42.7 Å². The highest BCUT2D eigenvalue weighted by molar-refractivity contribution is 7.99. The number of aromatic nitrogens is 1. The SMILES string of the molecule is O=C(CSc1ccc(S(=O)(=O)N2CCCCC2)cn1)Nc1ccc(CN2CCOCC2)cc1. The first kappa shape index (κ1) is 24.2. The molecule has 2 aliphatic rings. The van der Waals surface area contributed by atoms with Gasteiger partial charge in [0.05, 0.1) is 24.0 Å². The van der Waals surface area contributed by atoms with Gasteiger partial charge in [-0.2, -0.15) is 4.31 Å². The summed E-state index contributed by atoms with van der Waals surface area (Å²) in [6.07, 6.45) is 4.25. The molecule has 0 bridgehead atoms. The lowest BCUT2D eigenvalue weighted by atomic mass is 10.2. The van der Waals surface area contributed by atoms with Gasteiger partial charge in [-0.3, -0.25) is 9.69 Å². The number of morpholine rings is 1. The molecule has 0 atom stereocenters. The molecule has 1 N–H and O–H groups in total. The van der Waals surface area contributed by atoms with Crippen molar-refractivity contribution >= 4 is 33.4 Å². The molecule has 2 aromatic rings. The van der Waals surface area contributed by atoms with Crippen molar-refractivity contribution in [1.29, 1.82) is 0 Å². The number of anilines is 1. The molecule has 1 aromatic carbocycles. The molecule has 0 radical (unpaired) electrons. The quantitative estimate of drug-likeness (QED) is 0.569. The number of nitrogens with one attached hydrogen (secondary N) is 1. The zero-order valence-electron chi connectivity index (χ0n) is 18.6. The highest BCUT2D eigenvalue weighted by Gasteiger charge is 2.26. The molecule has 8 nitrogen and oxygen atoms in total. The van der Waals surface area contributed by atoms with E-state index in [9.17, 15) is 13.2 Å². The van der Waals surface area contributed by atoms with Gasteiger partial charge in [0.25, 0.3) is 0 Å². The third kappa shape index (κ3) is 6.77. The van der Waals surface area contributed by atoms with Crippen molar-refractivity contribution in [2.75, 3.05) is 50.5 Å². The summed E-state index contributed by atoms with van der Waals surface area (Å²) in [5.41, 5.74) is 1.95. The summed E-state index contributed by atoms with van der Waals surface area (Å²) < 4.78 is 32.3. The average molecular weight is 491 g/mol. The van der Waals surface area contributed by atoms with Crippen LogP contribution in [-0.2, 0) is 26.1 Å².